The topological polar surface area (TPSA) is 473 Å². The Labute approximate surface area is 783 Å². The number of methoxy groups -OCH3 is 3. The molecule has 40 nitrogen and oxygen atoms in total. The van der Waals surface area contributed by atoms with Gasteiger partial charge >= 0.3 is 17.9 Å². The highest BCUT2D eigenvalue weighted by Gasteiger charge is 2.33. The van der Waals surface area contributed by atoms with E-state index < -0.39 is 23.8 Å². The molecule has 45 heteroatoms. The highest BCUT2D eigenvalue weighted by Crippen LogP contribution is 2.29. The molecule has 7 aliphatic rings. The number of esters is 3. The number of rotatable bonds is 17. The van der Waals surface area contributed by atoms with E-state index in [9.17, 15) is 38.7 Å². The van der Waals surface area contributed by atoms with Crippen LogP contribution in [0, 0.1) is 11.8 Å². The fourth-order valence-electron chi connectivity index (χ4n) is 13.5. The second-order valence-corrected chi connectivity index (χ2v) is 31.2. The van der Waals surface area contributed by atoms with Gasteiger partial charge in [0.05, 0.1) is 103 Å². The van der Waals surface area contributed by atoms with E-state index in [1.54, 1.807) is 16.0 Å². The molecule has 0 radical (unpaired) electrons. The molecule has 7 aliphatic heterocycles. The summed E-state index contributed by atoms with van der Waals surface area (Å²) in [5, 5.41) is 22.1. The van der Waals surface area contributed by atoms with Crippen molar-refractivity contribution in [2.24, 2.45) is 11.8 Å². The third kappa shape index (κ3) is 31.0. The number of fused-ring (bicyclic) bond motifs is 5. The van der Waals surface area contributed by atoms with Gasteiger partial charge in [-0.05, 0) is 42.4 Å². The number of aliphatic hydroxyl groups is 1. The summed E-state index contributed by atoms with van der Waals surface area (Å²) in [6, 6.07) is 30.7. The lowest BCUT2D eigenvalue weighted by atomic mass is 9.98. The van der Waals surface area contributed by atoms with Gasteiger partial charge in [0.2, 0.25) is 41.2 Å². The van der Waals surface area contributed by atoms with Crippen LogP contribution in [0.2, 0.25) is 25.8 Å². The molecule has 132 heavy (non-hydrogen) atoms. The van der Waals surface area contributed by atoms with Crippen LogP contribution >= 0.6 is 58.0 Å². The Kier molecular flexibility index (Phi) is 40.1. The molecule has 10 aromatic rings. The van der Waals surface area contributed by atoms with Gasteiger partial charge in [0.1, 0.15) is 77.5 Å². The molecule has 0 spiro atoms. The average Bonchev–Trinajstić information content (AvgIpc) is 1.64. The Morgan fingerprint density at radius 2 is 0.841 bits per heavy atom. The first kappa shape index (κ1) is 100. The van der Waals surface area contributed by atoms with Crippen LogP contribution in [0.15, 0.2) is 134 Å². The molecule has 2 saturated heterocycles. The highest BCUT2D eigenvalue weighted by molar-refractivity contribution is 6.33. The van der Waals surface area contributed by atoms with Gasteiger partial charge in [-0.2, -0.15) is 4.98 Å². The van der Waals surface area contributed by atoms with Gasteiger partial charge in [0.15, 0.2) is 44.5 Å². The summed E-state index contributed by atoms with van der Waals surface area (Å²) in [5.74, 6) is -0.326. The van der Waals surface area contributed by atoms with Crippen molar-refractivity contribution in [3.63, 3.8) is 0 Å². The van der Waals surface area contributed by atoms with Crippen LogP contribution in [0.25, 0.3) is 0 Å². The predicted molar refractivity (Wildman–Crippen MR) is 474 cm³/mol. The van der Waals surface area contributed by atoms with Crippen molar-refractivity contribution in [1.29, 1.82) is 0 Å². The Morgan fingerprint density at radius 1 is 0.455 bits per heavy atom. The largest absolute Gasteiger partial charge is 0.475 e. The van der Waals surface area contributed by atoms with E-state index in [1.807, 2.05) is 54.6 Å². The van der Waals surface area contributed by atoms with Crippen LogP contribution in [0.5, 0.6) is 29.4 Å². The van der Waals surface area contributed by atoms with E-state index in [0.29, 0.717) is 169 Å². The first-order valence-electron chi connectivity index (χ1n) is 41.6. The number of hydrogen-bond donors (Lipinski definition) is 4. The zero-order chi connectivity index (χ0) is 93.5. The second-order valence-electron chi connectivity index (χ2n) is 29.3. The molecule has 0 aliphatic carbocycles. The summed E-state index contributed by atoms with van der Waals surface area (Å²) in [5.41, 5.74) is 9.66. The van der Waals surface area contributed by atoms with Gasteiger partial charge in [-0.3, -0.25) is 69.0 Å². The third-order valence-corrected chi connectivity index (χ3v) is 21.3. The highest BCUT2D eigenvalue weighted by atomic mass is 35.5. The SMILES string of the molecule is COC(=O)c1cnc2c(n1)OCCN(C(=O)C1CCOCC1)C2.COC(=O)c1cnc2c(n1)OCCN(Cc1ccccc1)C2.COC(=O)c1cnc2c(n1)OCCNC2.Clc1cnc2c(n1)OCCN(Cc1ccccc1)C2.O=C(NO)c1cnc2c(n1)OCCN(C(=O)C1CCOCC1)C2.O=Cc1ncc(Cl)nc1Cl.OCCN(Cc1ccccc1)Cc1ncc(Cl)nc1Cl. The number of ether oxygens (including phenoxy) is 10. The number of nitrogens with one attached hydrogen (secondary N) is 2. The van der Waals surface area contributed by atoms with Crippen LogP contribution < -0.4 is 34.5 Å². The lowest BCUT2D eigenvalue weighted by molar-refractivity contribution is -0.140. The van der Waals surface area contributed by atoms with Gasteiger partial charge in [-0.15, -0.1) is 0 Å². The molecule has 698 valence electrons. The van der Waals surface area contributed by atoms with Crippen molar-refractivity contribution < 1.29 is 91.2 Å². The third-order valence-electron chi connectivity index (χ3n) is 20.2. The molecule has 14 heterocycles. The number of nitrogens with zero attached hydrogens (tertiary/aromatic N) is 19. The lowest BCUT2D eigenvalue weighted by Crippen LogP contribution is -2.39. The van der Waals surface area contributed by atoms with Crippen molar-refractivity contribution in [2.45, 2.75) is 84.6 Å². The summed E-state index contributed by atoms with van der Waals surface area (Å²) in [6.07, 6.45) is 13.2. The molecule has 2 fully saturated rings. The van der Waals surface area contributed by atoms with E-state index in [4.69, 9.17) is 96.4 Å². The number of aliphatic hydroxyl groups excluding tert-OH is 1. The molecule has 7 aromatic heterocycles. The van der Waals surface area contributed by atoms with Crippen molar-refractivity contribution in [1.82, 2.24) is 105 Å². The number of hydrogen-bond acceptors (Lipinski definition) is 37. The number of aromatic nitrogens is 14. The zero-order valence-electron chi connectivity index (χ0n) is 72.2. The molecule has 0 unspecified atom stereocenters. The standard InChI is InChI=1S/C16H17N3O3.C15H19N3O5.C14H15Cl2N3O.C14H14ClN3O.C14H18N4O5.C9H11N3O3.C5H2Cl2N2O/c1-21-16(20)13-9-17-14-11-19(7-8-22-15(14)18-13)10-12-5-3-2-4-6-12;1-21-15(20)11-8-16-12-9-18(4-7-23-13(12)17-11)14(19)10-2-5-22-6-3-10;15-13-8-17-12(14(16)18-13)10-19(6-7-20)9-11-4-2-1-3-5-11;15-13-8-16-12-10-18(6-7-19-14(12)17-13)9-11-4-2-1-3-5-11;19-12(17-21)10-7-15-11-8-18(3-6-23-13(11)16-10)14(20)9-1-4-22-5-2-9;1-14-9(13)7-5-11-6-4-10-2-3-15-8(6)12-7;6-4-1-8-3(2-10)5(7)9-4/h2-6,9H,7-8,10-11H2,1H3;8,10H,2-7,9H2,1H3;1-5,8,20H,6-7,9-10H2;1-5,8H,6-7,9-10H2;7,9,21H,1-6,8H2,(H,17,19);5,10H,2-4H2,1H3;1-2H. The summed E-state index contributed by atoms with van der Waals surface area (Å²) in [6.45, 7) is 14.1. The zero-order valence-corrected chi connectivity index (χ0v) is 75.9. The number of carbonyl (C=O) groups is 7. The average molecular weight is 1920 g/mol. The Morgan fingerprint density at radius 3 is 1.29 bits per heavy atom. The van der Waals surface area contributed by atoms with Crippen LogP contribution in [0.1, 0.15) is 129 Å². The van der Waals surface area contributed by atoms with Gasteiger partial charge in [-0.1, -0.05) is 149 Å². The van der Waals surface area contributed by atoms with Crippen LogP contribution in [-0.2, 0) is 92.2 Å². The first-order valence-corrected chi connectivity index (χ1v) is 43.5. The van der Waals surface area contributed by atoms with E-state index in [2.05, 4.69) is 140 Å². The fraction of sp³-hybridized carbons (Fsp3) is 0.391. The smallest absolute Gasteiger partial charge is 0.358 e. The van der Waals surface area contributed by atoms with Crippen molar-refractivity contribution in [3.05, 3.63) is 239 Å². The van der Waals surface area contributed by atoms with Crippen molar-refractivity contribution >= 4 is 99.9 Å². The number of benzene rings is 3. The minimum absolute atomic E-state index is 0.00685. The van der Waals surface area contributed by atoms with E-state index in [1.165, 1.54) is 80.7 Å². The second kappa shape index (κ2) is 52.8. The maximum atomic E-state index is 12.6. The fourth-order valence-corrected chi connectivity index (χ4v) is 14.4. The van der Waals surface area contributed by atoms with E-state index in [0.717, 1.165) is 76.3 Å². The van der Waals surface area contributed by atoms with Gasteiger partial charge < -0.3 is 67.6 Å². The monoisotopic (exact) mass is 1910 g/mol. The Bertz CT molecular complexity index is 5360. The van der Waals surface area contributed by atoms with E-state index >= 15 is 0 Å². The molecule has 0 atom stereocenters. The number of carbonyl (C=O) groups excluding carboxylic acids is 7. The van der Waals surface area contributed by atoms with Crippen LogP contribution in [0.3, 0.4) is 0 Å². The lowest BCUT2D eigenvalue weighted by Gasteiger charge is -2.27. The molecule has 0 saturated carbocycles. The number of amides is 3. The minimum atomic E-state index is -0.761. The van der Waals surface area contributed by atoms with Crippen molar-refractivity contribution in [3.8, 4) is 29.4 Å². The molecule has 0 bridgehead atoms. The summed E-state index contributed by atoms with van der Waals surface area (Å²) in [4.78, 5) is 148. The summed E-state index contributed by atoms with van der Waals surface area (Å²) in [7, 11) is 3.90. The van der Waals surface area contributed by atoms with Gasteiger partial charge in [0, 0.05) is 110 Å². The predicted octanol–water partition coefficient (Wildman–Crippen LogP) is 8.46. The van der Waals surface area contributed by atoms with E-state index in [-0.39, 0.29) is 92.6 Å². The molecule has 4 N–H and O–H groups in total. The Hall–Kier alpha value is -12.2. The molecular weight excluding hydrogens is 1820 g/mol. The maximum Gasteiger partial charge on any atom is 0.358 e. The van der Waals surface area contributed by atoms with Crippen LogP contribution in [-0.4, -0.2) is 273 Å². The number of hydroxylamine groups is 1. The number of aldehydes is 1. The Balaban J connectivity index is 0.000000150. The molecule has 3 aromatic carbocycles. The van der Waals surface area contributed by atoms with Gasteiger partial charge in [0.25, 0.3) is 5.91 Å². The van der Waals surface area contributed by atoms with Gasteiger partial charge in [-0.25, -0.2) is 54.8 Å². The maximum absolute atomic E-state index is 12.6. The number of halogens is 5. The molecule has 17 rings (SSSR count). The molecule has 3 amide bonds. The summed E-state index contributed by atoms with van der Waals surface area (Å²) >= 11 is 28.4. The quantitative estimate of drug-likeness (QED) is 0.0218. The first-order chi connectivity index (χ1) is 64.2. The molecular formula is C87H96Cl5N21O19. The van der Waals surface area contributed by atoms with Crippen LogP contribution in [0.4, 0.5) is 0 Å². The minimum Gasteiger partial charge on any atom is -0.475 e. The summed E-state index contributed by atoms with van der Waals surface area (Å²) < 4.78 is 52.0. The normalized spacial score (nSPS) is 15.2. The van der Waals surface area contributed by atoms with Crippen molar-refractivity contribution in [2.75, 3.05) is 127 Å².